The van der Waals surface area contributed by atoms with Crippen LogP contribution < -0.4 is 0 Å². The Balaban J connectivity index is 2.08. The van der Waals surface area contributed by atoms with E-state index in [1.807, 2.05) is 35.0 Å². The molecule has 0 aliphatic carbocycles. The van der Waals surface area contributed by atoms with E-state index in [2.05, 4.69) is 6.92 Å². The molecule has 1 heterocycles. The topological polar surface area (TPSA) is 31.2 Å². The molecule has 0 unspecified atom stereocenters. The molecule has 0 N–H and O–H groups in total. The highest BCUT2D eigenvalue weighted by Crippen LogP contribution is 2.24. The van der Waals surface area contributed by atoms with Crippen molar-refractivity contribution in [3.05, 3.63) is 35.5 Å². The number of carbonyl (C=O) groups excluding carboxylic acids is 1. The van der Waals surface area contributed by atoms with Crippen LogP contribution in [-0.2, 0) is 16.1 Å². The highest BCUT2D eigenvalue weighted by molar-refractivity contribution is 6.35. The van der Waals surface area contributed by atoms with E-state index in [9.17, 15) is 4.79 Å². The molecule has 96 valence electrons. The Labute approximate surface area is 111 Å². The molecule has 0 spiro atoms. The molecular formula is C14H16ClNO2. The van der Waals surface area contributed by atoms with E-state index >= 15 is 0 Å². The fourth-order valence-electron chi connectivity index (χ4n) is 1.84. The lowest BCUT2D eigenvalue weighted by Crippen LogP contribution is -2.13. The van der Waals surface area contributed by atoms with Crippen LogP contribution in [0.2, 0.25) is 5.02 Å². The second-order valence-electron chi connectivity index (χ2n) is 4.19. The van der Waals surface area contributed by atoms with E-state index in [1.165, 1.54) is 0 Å². The van der Waals surface area contributed by atoms with E-state index < -0.39 is 0 Å². The van der Waals surface area contributed by atoms with Crippen molar-refractivity contribution in [2.45, 2.75) is 26.3 Å². The summed E-state index contributed by atoms with van der Waals surface area (Å²) in [4.78, 5) is 11.6. The van der Waals surface area contributed by atoms with Crippen molar-refractivity contribution in [1.82, 2.24) is 4.57 Å². The fraction of sp³-hybridized carbons (Fsp3) is 0.357. The van der Waals surface area contributed by atoms with Crippen molar-refractivity contribution < 1.29 is 9.53 Å². The first-order valence-corrected chi connectivity index (χ1v) is 6.49. The van der Waals surface area contributed by atoms with Crippen molar-refractivity contribution in [2.75, 3.05) is 6.61 Å². The van der Waals surface area contributed by atoms with E-state index in [0.29, 0.717) is 11.6 Å². The van der Waals surface area contributed by atoms with Crippen LogP contribution in [0.4, 0.5) is 0 Å². The second-order valence-corrected chi connectivity index (χ2v) is 4.60. The average Bonchev–Trinajstić information content (AvgIpc) is 2.74. The third-order valence-corrected chi connectivity index (χ3v) is 3.15. The van der Waals surface area contributed by atoms with Gasteiger partial charge in [-0.1, -0.05) is 31.0 Å². The molecule has 0 saturated heterocycles. The SMILES string of the molecule is CCCCOC(=O)Cn1ccc2c(Cl)cccc21. The molecule has 0 bridgehead atoms. The molecule has 18 heavy (non-hydrogen) atoms. The van der Waals surface area contributed by atoms with Crippen LogP contribution in [0.25, 0.3) is 10.9 Å². The van der Waals surface area contributed by atoms with Gasteiger partial charge in [0.2, 0.25) is 0 Å². The average molecular weight is 266 g/mol. The number of esters is 1. The molecule has 0 saturated carbocycles. The van der Waals surface area contributed by atoms with Crippen LogP contribution in [0.15, 0.2) is 30.5 Å². The second kappa shape index (κ2) is 5.91. The molecule has 0 amide bonds. The molecule has 2 aromatic rings. The predicted molar refractivity (Wildman–Crippen MR) is 72.8 cm³/mol. The Morgan fingerprint density at radius 3 is 3.00 bits per heavy atom. The Bertz CT molecular complexity index is 548. The van der Waals surface area contributed by atoms with Gasteiger partial charge in [0.25, 0.3) is 0 Å². The minimum atomic E-state index is -0.207. The summed E-state index contributed by atoms with van der Waals surface area (Å²) >= 11 is 6.08. The molecule has 4 heteroatoms. The van der Waals surface area contributed by atoms with Crippen LogP contribution in [0.5, 0.6) is 0 Å². The fourth-order valence-corrected chi connectivity index (χ4v) is 2.07. The first-order valence-electron chi connectivity index (χ1n) is 6.11. The lowest BCUT2D eigenvalue weighted by Gasteiger charge is -2.06. The maximum absolute atomic E-state index is 11.6. The summed E-state index contributed by atoms with van der Waals surface area (Å²) in [5, 5.41) is 1.66. The highest BCUT2D eigenvalue weighted by Gasteiger charge is 2.08. The quantitative estimate of drug-likeness (QED) is 0.611. The summed E-state index contributed by atoms with van der Waals surface area (Å²) in [5.41, 5.74) is 0.954. The third kappa shape index (κ3) is 2.85. The first kappa shape index (κ1) is 13.0. The third-order valence-electron chi connectivity index (χ3n) is 2.82. The van der Waals surface area contributed by atoms with Crippen molar-refractivity contribution >= 4 is 28.5 Å². The van der Waals surface area contributed by atoms with Gasteiger partial charge in [-0.15, -0.1) is 0 Å². The van der Waals surface area contributed by atoms with E-state index in [-0.39, 0.29) is 12.5 Å². The maximum atomic E-state index is 11.6. The number of hydrogen-bond donors (Lipinski definition) is 0. The molecule has 3 nitrogen and oxygen atoms in total. The Kier molecular flexibility index (Phi) is 4.26. The number of benzene rings is 1. The zero-order valence-corrected chi connectivity index (χ0v) is 11.1. The number of unbranched alkanes of at least 4 members (excludes halogenated alkanes) is 1. The van der Waals surface area contributed by atoms with Crippen LogP contribution in [-0.4, -0.2) is 17.1 Å². The molecular weight excluding hydrogens is 250 g/mol. The van der Waals surface area contributed by atoms with Crippen LogP contribution >= 0.6 is 11.6 Å². The van der Waals surface area contributed by atoms with Gasteiger partial charge in [0.1, 0.15) is 6.54 Å². The molecule has 1 aromatic heterocycles. The number of nitrogens with zero attached hydrogens (tertiary/aromatic N) is 1. The zero-order chi connectivity index (χ0) is 13.0. The minimum absolute atomic E-state index is 0.207. The Morgan fingerprint density at radius 1 is 1.39 bits per heavy atom. The summed E-state index contributed by atoms with van der Waals surface area (Å²) in [6.45, 7) is 2.79. The van der Waals surface area contributed by atoms with E-state index in [1.54, 1.807) is 0 Å². The monoisotopic (exact) mass is 265 g/mol. The molecule has 0 aliphatic heterocycles. The molecule has 0 radical (unpaired) electrons. The van der Waals surface area contributed by atoms with Gasteiger partial charge in [0.05, 0.1) is 12.1 Å². The number of aromatic nitrogens is 1. The Hall–Kier alpha value is -1.48. The minimum Gasteiger partial charge on any atom is -0.464 e. The van der Waals surface area contributed by atoms with E-state index in [0.717, 1.165) is 23.7 Å². The van der Waals surface area contributed by atoms with Crippen molar-refractivity contribution in [3.8, 4) is 0 Å². The van der Waals surface area contributed by atoms with Gasteiger partial charge in [-0.3, -0.25) is 4.79 Å². The van der Waals surface area contributed by atoms with Gasteiger partial charge in [0, 0.05) is 16.6 Å². The molecule has 0 atom stereocenters. The lowest BCUT2D eigenvalue weighted by molar-refractivity contribution is -0.144. The molecule has 2 rings (SSSR count). The Morgan fingerprint density at radius 2 is 2.22 bits per heavy atom. The van der Waals surface area contributed by atoms with Crippen molar-refractivity contribution in [3.63, 3.8) is 0 Å². The van der Waals surface area contributed by atoms with Crippen LogP contribution in [0, 0.1) is 0 Å². The maximum Gasteiger partial charge on any atom is 0.325 e. The number of fused-ring (bicyclic) bond motifs is 1. The smallest absolute Gasteiger partial charge is 0.325 e. The van der Waals surface area contributed by atoms with Gasteiger partial charge in [-0.25, -0.2) is 0 Å². The largest absolute Gasteiger partial charge is 0.464 e. The molecule has 0 fully saturated rings. The first-order chi connectivity index (χ1) is 8.72. The van der Waals surface area contributed by atoms with Crippen molar-refractivity contribution in [1.29, 1.82) is 0 Å². The normalized spacial score (nSPS) is 10.8. The zero-order valence-electron chi connectivity index (χ0n) is 10.4. The lowest BCUT2D eigenvalue weighted by atomic mass is 10.2. The number of carbonyl (C=O) groups is 1. The molecule has 0 aliphatic rings. The summed E-state index contributed by atoms with van der Waals surface area (Å²) < 4.78 is 7.00. The van der Waals surface area contributed by atoms with Crippen LogP contribution in [0.1, 0.15) is 19.8 Å². The number of ether oxygens (including phenoxy) is 1. The summed E-state index contributed by atoms with van der Waals surface area (Å²) in [6, 6.07) is 7.58. The molecule has 1 aromatic carbocycles. The summed E-state index contributed by atoms with van der Waals surface area (Å²) in [7, 11) is 0. The van der Waals surface area contributed by atoms with Gasteiger partial charge in [-0.2, -0.15) is 0 Å². The summed E-state index contributed by atoms with van der Waals surface area (Å²) in [6.07, 6.45) is 3.79. The standard InChI is InChI=1S/C14H16ClNO2/c1-2-3-9-18-14(17)10-16-8-7-11-12(15)5-4-6-13(11)16/h4-8H,2-3,9-10H2,1H3. The van der Waals surface area contributed by atoms with Crippen LogP contribution in [0.3, 0.4) is 0 Å². The van der Waals surface area contributed by atoms with Gasteiger partial charge >= 0.3 is 5.97 Å². The highest BCUT2D eigenvalue weighted by atomic mass is 35.5. The number of rotatable bonds is 5. The van der Waals surface area contributed by atoms with E-state index in [4.69, 9.17) is 16.3 Å². The number of halogens is 1. The summed E-state index contributed by atoms with van der Waals surface area (Å²) in [5.74, 6) is -0.207. The van der Waals surface area contributed by atoms with Crippen molar-refractivity contribution in [2.24, 2.45) is 0 Å². The van der Waals surface area contributed by atoms with Gasteiger partial charge < -0.3 is 9.30 Å². The number of hydrogen-bond acceptors (Lipinski definition) is 2. The van der Waals surface area contributed by atoms with Gasteiger partial charge in [-0.05, 0) is 24.6 Å². The predicted octanol–water partition coefficient (Wildman–Crippen LogP) is 3.64. The van der Waals surface area contributed by atoms with Gasteiger partial charge in [0.15, 0.2) is 0 Å².